The van der Waals surface area contributed by atoms with Gasteiger partial charge in [-0.1, -0.05) is 30.3 Å². The summed E-state index contributed by atoms with van der Waals surface area (Å²) in [4.78, 5) is 3.84. The minimum Gasteiger partial charge on any atom is -0.488 e. The summed E-state index contributed by atoms with van der Waals surface area (Å²) in [5.41, 5.74) is 2.30. The number of hydrogen-bond donors (Lipinski definition) is 2. The van der Waals surface area contributed by atoms with Gasteiger partial charge >= 0.3 is 0 Å². The molecule has 1 saturated heterocycles. The van der Waals surface area contributed by atoms with Crippen molar-refractivity contribution in [2.45, 2.75) is 6.92 Å². The number of para-hydroxylation sites is 1. The van der Waals surface area contributed by atoms with Gasteiger partial charge in [0, 0.05) is 5.69 Å². The molecule has 1 aliphatic heterocycles. The number of nitrogens with one attached hydrogen (secondary N) is 2. The second-order valence-electron chi connectivity index (χ2n) is 6.45. The van der Waals surface area contributed by atoms with Crippen molar-refractivity contribution in [3.05, 3.63) is 60.2 Å². The maximum Gasteiger partial charge on any atom is 0.173 e. The fourth-order valence-corrected chi connectivity index (χ4v) is 3.33. The Morgan fingerprint density at radius 2 is 1.88 bits per heavy atom. The van der Waals surface area contributed by atoms with Crippen LogP contribution in [-0.4, -0.2) is 49.3 Å². The Bertz CT molecular complexity index is 684. The van der Waals surface area contributed by atoms with E-state index in [-0.39, 0.29) is 0 Å². The third-order valence-electron chi connectivity index (χ3n) is 4.49. The molecule has 0 spiro atoms. The minimum atomic E-state index is 0.755. The molecule has 4 nitrogen and oxygen atoms in total. The quantitative estimate of drug-likeness (QED) is 0.802. The van der Waals surface area contributed by atoms with Gasteiger partial charge in [-0.2, -0.15) is 0 Å². The van der Waals surface area contributed by atoms with Crippen LogP contribution in [0.25, 0.3) is 0 Å². The molecule has 0 aliphatic carbocycles. The predicted octanol–water partition coefficient (Wildman–Crippen LogP) is 1.97. The topological polar surface area (TPSA) is 28.9 Å². The SMILES string of the molecule is Cc1cccc(NC(=S)N2CC[NH+](CCOc3ccccc3)CC2)c1. The molecule has 1 aliphatic rings. The molecule has 0 atom stereocenters. The van der Waals surface area contributed by atoms with Gasteiger partial charge in [-0.15, -0.1) is 0 Å². The van der Waals surface area contributed by atoms with E-state index in [1.165, 1.54) is 5.56 Å². The lowest BCUT2D eigenvalue weighted by Crippen LogP contribution is -3.15. The van der Waals surface area contributed by atoms with Crippen molar-refractivity contribution in [3.63, 3.8) is 0 Å². The van der Waals surface area contributed by atoms with E-state index in [0.717, 1.165) is 55.9 Å². The Morgan fingerprint density at radius 3 is 2.60 bits per heavy atom. The Labute approximate surface area is 155 Å². The van der Waals surface area contributed by atoms with E-state index in [0.29, 0.717) is 0 Å². The van der Waals surface area contributed by atoms with Gasteiger partial charge in [0.15, 0.2) is 5.11 Å². The molecular formula is C20H26N3OS+. The smallest absolute Gasteiger partial charge is 0.173 e. The Kier molecular flexibility index (Phi) is 6.25. The molecule has 2 aromatic carbocycles. The van der Waals surface area contributed by atoms with Crippen molar-refractivity contribution in [2.75, 3.05) is 44.6 Å². The summed E-state index contributed by atoms with van der Waals surface area (Å²) >= 11 is 5.57. The lowest BCUT2D eigenvalue weighted by Gasteiger charge is -2.33. The third-order valence-corrected chi connectivity index (χ3v) is 4.85. The van der Waals surface area contributed by atoms with Gasteiger partial charge in [0.25, 0.3) is 0 Å². The first-order valence-electron chi connectivity index (χ1n) is 8.85. The number of piperazine rings is 1. The average Bonchev–Trinajstić information content (AvgIpc) is 2.63. The zero-order valence-corrected chi connectivity index (χ0v) is 15.5. The molecule has 2 N–H and O–H groups in total. The summed E-state index contributed by atoms with van der Waals surface area (Å²) in [6.07, 6.45) is 0. The van der Waals surface area contributed by atoms with Crippen LogP contribution in [0, 0.1) is 6.92 Å². The third kappa shape index (κ3) is 5.44. The van der Waals surface area contributed by atoms with E-state index in [2.05, 4.69) is 41.4 Å². The molecule has 3 rings (SSSR count). The van der Waals surface area contributed by atoms with Gasteiger partial charge in [-0.25, -0.2) is 0 Å². The Morgan fingerprint density at radius 1 is 1.12 bits per heavy atom. The molecule has 0 saturated carbocycles. The van der Waals surface area contributed by atoms with E-state index in [9.17, 15) is 0 Å². The summed E-state index contributed by atoms with van der Waals surface area (Å²) in [6.45, 7) is 8.03. The zero-order chi connectivity index (χ0) is 17.5. The number of anilines is 1. The first-order chi connectivity index (χ1) is 12.2. The van der Waals surface area contributed by atoms with Crippen LogP contribution in [-0.2, 0) is 0 Å². The molecule has 25 heavy (non-hydrogen) atoms. The van der Waals surface area contributed by atoms with Crippen LogP contribution in [0.5, 0.6) is 5.75 Å². The molecule has 1 heterocycles. The Hall–Kier alpha value is -2.11. The fraction of sp³-hybridized carbons (Fsp3) is 0.350. The molecule has 5 heteroatoms. The number of quaternary nitrogens is 1. The highest BCUT2D eigenvalue weighted by molar-refractivity contribution is 7.80. The predicted molar refractivity (Wildman–Crippen MR) is 106 cm³/mol. The first-order valence-corrected chi connectivity index (χ1v) is 9.25. The molecular weight excluding hydrogens is 330 g/mol. The molecule has 0 unspecified atom stereocenters. The first kappa shape index (κ1) is 17.7. The highest BCUT2D eigenvalue weighted by atomic mass is 32.1. The van der Waals surface area contributed by atoms with Gasteiger partial charge in [-0.3, -0.25) is 0 Å². The van der Waals surface area contributed by atoms with E-state index in [1.54, 1.807) is 4.90 Å². The molecule has 0 radical (unpaired) electrons. The van der Waals surface area contributed by atoms with Gasteiger partial charge in [-0.05, 0) is 49.0 Å². The second kappa shape index (κ2) is 8.83. The molecule has 0 amide bonds. The van der Waals surface area contributed by atoms with E-state index < -0.39 is 0 Å². The number of hydrogen-bond acceptors (Lipinski definition) is 2. The minimum absolute atomic E-state index is 0.755. The van der Waals surface area contributed by atoms with Gasteiger partial charge < -0.3 is 19.9 Å². The van der Waals surface area contributed by atoms with E-state index in [4.69, 9.17) is 17.0 Å². The number of aryl methyl sites for hydroxylation is 1. The molecule has 132 valence electrons. The summed E-state index contributed by atoms with van der Waals surface area (Å²) in [5, 5.41) is 4.18. The summed E-state index contributed by atoms with van der Waals surface area (Å²) in [6, 6.07) is 18.3. The number of thiocarbonyl (C=S) groups is 1. The summed E-state index contributed by atoms with van der Waals surface area (Å²) in [7, 11) is 0. The van der Waals surface area contributed by atoms with Crippen molar-refractivity contribution < 1.29 is 9.64 Å². The number of benzene rings is 2. The van der Waals surface area contributed by atoms with Crippen LogP contribution < -0.4 is 15.0 Å². The molecule has 2 aromatic rings. The van der Waals surface area contributed by atoms with Gasteiger partial charge in [0.05, 0.1) is 26.2 Å². The van der Waals surface area contributed by atoms with Crippen molar-refractivity contribution in [2.24, 2.45) is 0 Å². The van der Waals surface area contributed by atoms with Gasteiger partial charge in [0.1, 0.15) is 18.9 Å². The van der Waals surface area contributed by atoms with Crippen molar-refractivity contribution in [1.29, 1.82) is 0 Å². The number of nitrogens with zero attached hydrogens (tertiary/aromatic N) is 1. The fourth-order valence-electron chi connectivity index (χ4n) is 3.03. The van der Waals surface area contributed by atoms with Crippen LogP contribution in [0.4, 0.5) is 5.69 Å². The number of ether oxygens (including phenoxy) is 1. The average molecular weight is 357 g/mol. The zero-order valence-electron chi connectivity index (χ0n) is 14.7. The summed E-state index contributed by atoms with van der Waals surface area (Å²) in [5.74, 6) is 0.948. The van der Waals surface area contributed by atoms with Crippen molar-refractivity contribution >= 4 is 23.0 Å². The van der Waals surface area contributed by atoms with E-state index >= 15 is 0 Å². The molecule has 0 aromatic heterocycles. The summed E-state index contributed by atoms with van der Waals surface area (Å²) < 4.78 is 5.80. The Balaban J connectivity index is 1.38. The normalized spacial score (nSPS) is 15.0. The van der Waals surface area contributed by atoms with Crippen LogP contribution in [0.2, 0.25) is 0 Å². The highest BCUT2D eigenvalue weighted by Crippen LogP contribution is 2.11. The van der Waals surface area contributed by atoms with Crippen molar-refractivity contribution in [1.82, 2.24) is 4.90 Å². The second-order valence-corrected chi connectivity index (χ2v) is 6.83. The maximum absolute atomic E-state index is 5.80. The standard InChI is InChI=1S/C20H25N3OS/c1-17-6-5-7-18(16-17)21-20(25)23-12-10-22(11-13-23)14-15-24-19-8-3-2-4-9-19/h2-9,16H,10-15H2,1H3,(H,21,25)/p+1. The van der Waals surface area contributed by atoms with E-state index in [1.807, 2.05) is 30.3 Å². The monoisotopic (exact) mass is 356 g/mol. The van der Waals surface area contributed by atoms with Gasteiger partial charge in [0.2, 0.25) is 0 Å². The van der Waals surface area contributed by atoms with Crippen LogP contribution in [0.3, 0.4) is 0 Å². The number of rotatable bonds is 5. The molecule has 1 fully saturated rings. The van der Waals surface area contributed by atoms with Crippen LogP contribution in [0.1, 0.15) is 5.56 Å². The maximum atomic E-state index is 5.80. The largest absolute Gasteiger partial charge is 0.488 e. The highest BCUT2D eigenvalue weighted by Gasteiger charge is 2.21. The van der Waals surface area contributed by atoms with Crippen molar-refractivity contribution in [3.8, 4) is 5.75 Å². The lowest BCUT2D eigenvalue weighted by atomic mass is 10.2. The molecule has 0 bridgehead atoms. The lowest BCUT2D eigenvalue weighted by molar-refractivity contribution is -0.903. The van der Waals surface area contributed by atoms with Crippen LogP contribution in [0.15, 0.2) is 54.6 Å². The van der Waals surface area contributed by atoms with Crippen LogP contribution >= 0.6 is 12.2 Å².